The Morgan fingerprint density at radius 2 is 2.25 bits per heavy atom. The van der Waals surface area contributed by atoms with Crippen LogP contribution in [0.1, 0.15) is 11.1 Å². The quantitative estimate of drug-likeness (QED) is 0.445. The number of benzene rings is 1. The van der Waals surface area contributed by atoms with Gasteiger partial charge in [-0.15, -0.1) is 0 Å². The Hall–Kier alpha value is -0.900. The number of rotatable bonds is 2. The average molecular weight is 230 g/mol. The molecular weight excluding hydrogens is 222 g/mol. The average Bonchev–Trinajstić information content (AvgIpc) is 2.03. The van der Waals surface area contributed by atoms with E-state index < -0.39 is 0 Å². The van der Waals surface area contributed by atoms with Crippen LogP contribution in [0, 0.1) is 17.0 Å². The SMILES string of the molecule is Cc1cccc(CBr)c1[N+](=O)[O-]. The van der Waals surface area contributed by atoms with Crippen LogP contribution in [-0.4, -0.2) is 4.92 Å². The first-order valence-electron chi connectivity index (χ1n) is 3.45. The summed E-state index contributed by atoms with van der Waals surface area (Å²) in [6.45, 7) is 1.74. The van der Waals surface area contributed by atoms with Crippen molar-refractivity contribution < 1.29 is 4.92 Å². The number of alkyl halides is 1. The lowest BCUT2D eigenvalue weighted by molar-refractivity contribution is -0.386. The molecule has 0 saturated carbocycles. The second-order valence-electron chi connectivity index (χ2n) is 2.47. The summed E-state index contributed by atoms with van der Waals surface area (Å²) in [7, 11) is 0. The van der Waals surface area contributed by atoms with Gasteiger partial charge in [-0.25, -0.2) is 0 Å². The van der Waals surface area contributed by atoms with Crippen molar-refractivity contribution in [3.05, 3.63) is 39.4 Å². The maximum Gasteiger partial charge on any atom is 0.276 e. The van der Waals surface area contributed by atoms with Crippen LogP contribution in [0.4, 0.5) is 5.69 Å². The number of hydrogen-bond donors (Lipinski definition) is 0. The maximum absolute atomic E-state index is 10.6. The molecule has 0 aliphatic carbocycles. The van der Waals surface area contributed by atoms with Gasteiger partial charge in [-0.1, -0.05) is 34.1 Å². The summed E-state index contributed by atoms with van der Waals surface area (Å²) >= 11 is 3.21. The van der Waals surface area contributed by atoms with Crippen molar-refractivity contribution in [2.24, 2.45) is 0 Å². The van der Waals surface area contributed by atoms with E-state index in [4.69, 9.17) is 0 Å². The summed E-state index contributed by atoms with van der Waals surface area (Å²) in [6.07, 6.45) is 0. The van der Waals surface area contributed by atoms with Gasteiger partial charge < -0.3 is 0 Å². The lowest BCUT2D eigenvalue weighted by Gasteiger charge is -2.00. The molecule has 0 aliphatic rings. The van der Waals surface area contributed by atoms with Gasteiger partial charge in [0.25, 0.3) is 5.69 Å². The molecule has 0 spiro atoms. The van der Waals surface area contributed by atoms with Crippen LogP contribution < -0.4 is 0 Å². The van der Waals surface area contributed by atoms with Crippen molar-refractivity contribution in [3.63, 3.8) is 0 Å². The molecule has 64 valence electrons. The second kappa shape index (κ2) is 3.67. The maximum atomic E-state index is 10.6. The van der Waals surface area contributed by atoms with E-state index >= 15 is 0 Å². The smallest absolute Gasteiger partial charge is 0.258 e. The van der Waals surface area contributed by atoms with Crippen LogP contribution in [0.25, 0.3) is 0 Å². The third kappa shape index (κ3) is 1.64. The first kappa shape index (κ1) is 9.19. The first-order valence-corrected chi connectivity index (χ1v) is 4.58. The molecule has 0 amide bonds. The fourth-order valence-electron chi connectivity index (χ4n) is 1.09. The van der Waals surface area contributed by atoms with Crippen molar-refractivity contribution in [3.8, 4) is 0 Å². The molecule has 0 aliphatic heterocycles. The summed E-state index contributed by atoms with van der Waals surface area (Å²) in [6, 6.07) is 5.31. The monoisotopic (exact) mass is 229 g/mol. The highest BCUT2D eigenvalue weighted by Gasteiger charge is 2.14. The zero-order valence-corrected chi connectivity index (χ0v) is 8.17. The van der Waals surface area contributed by atoms with Crippen LogP contribution in [0.2, 0.25) is 0 Å². The Labute approximate surface area is 78.7 Å². The van der Waals surface area contributed by atoms with Gasteiger partial charge in [0.2, 0.25) is 0 Å². The van der Waals surface area contributed by atoms with Crippen LogP contribution in [0.15, 0.2) is 18.2 Å². The minimum atomic E-state index is -0.341. The minimum Gasteiger partial charge on any atom is -0.258 e. The van der Waals surface area contributed by atoms with E-state index in [-0.39, 0.29) is 10.6 Å². The van der Waals surface area contributed by atoms with Crippen LogP contribution in [-0.2, 0) is 5.33 Å². The molecule has 0 radical (unpaired) electrons. The number of nitro benzene ring substituents is 1. The van der Waals surface area contributed by atoms with Gasteiger partial charge in [-0.05, 0) is 6.92 Å². The van der Waals surface area contributed by atoms with E-state index in [0.717, 1.165) is 5.56 Å². The molecule has 1 aromatic rings. The van der Waals surface area contributed by atoms with Gasteiger partial charge >= 0.3 is 0 Å². The Bertz CT molecular complexity index is 312. The van der Waals surface area contributed by atoms with E-state index in [2.05, 4.69) is 15.9 Å². The number of para-hydroxylation sites is 1. The van der Waals surface area contributed by atoms with Gasteiger partial charge in [0.1, 0.15) is 0 Å². The number of aryl methyl sites for hydroxylation is 1. The number of nitro groups is 1. The van der Waals surface area contributed by atoms with Gasteiger partial charge in [0, 0.05) is 16.5 Å². The third-order valence-corrected chi connectivity index (χ3v) is 2.25. The molecule has 0 saturated heterocycles. The van der Waals surface area contributed by atoms with E-state index in [0.29, 0.717) is 10.9 Å². The molecule has 4 heteroatoms. The Morgan fingerprint density at radius 1 is 1.58 bits per heavy atom. The number of hydrogen-bond acceptors (Lipinski definition) is 2. The second-order valence-corrected chi connectivity index (χ2v) is 3.03. The lowest BCUT2D eigenvalue weighted by Crippen LogP contribution is -1.95. The van der Waals surface area contributed by atoms with Gasteiger partial charge in [0.15, 0.2) is 0 Å². The molecule has 0 heterocycles. The summed E-state index contributed by atoms with van der Waals surface area (Å²) in [5.41, 5.74) is 1.64. The summed E-state index contributed by atoms with van der Waals surface area (Å²) in [4.78, 5) is 10.2. The fraction of sp³-hybridized carbons (Fsp3) is 0.250. The summed E-state index contributed by atoms with van der Waals surface area (Å²) in [5.74, 6) is 0. The minimum absolute atomic E-state index is 0.217. The molecule has 0 atom stereocenters. The van der Waals surface area contributed by atoms with Crippen molar-refractivity contribution in [1.29, 1.82) is 0 Å². The molecule has 1 rings (SSSR count). The van der Waals surface area contributed by atoms with E-state index in [1.165, 1.54) is 0 Å². The predicted octanol–water partition coefficient (Wildman–Crippen LogP) is 2.80. The first-order chi connectivity index (χ1) is 5.66. The predicted molar refractivity (Wildman–Crippen MR) is 50.5 cm³/mol. The zero-order chi connectivity index (χ0) is 9.14. The normalized spacial score (nSPS) is 9.83. The Kier molecular flexibility index (Phi) is 2.81. The highest BCUT2D eigenvalue weighted by molar-refractivity contribution is 9.08. The molecule has 0 N–H and O–H groups in total. The van der Waals surface area contributed by atoms with Gasteiger partial charge in [-0.3, -0.25) is 10.1 Å². The van der Waals surface area contributed by atoms with E-state index in [9.17, 15) is 10.1 Å². The van der Waals surface area contributed by atoms with Gasteiger partial charge in [-0.2, -0.15) is 0 Å². The number of halogens is 1. The highest BCUT2D eigenvalue weighted by Crippen LogP contribution is 2.24. The summed E-state index contributed by atoms with van der Waals surface area (Å²) < 4.78 is 0. The van der Waals surface area contributed by atoms with Crippen LogP contribution >= 0.6 is 15.9 Å². The molecule has 12 heavy (non-hydrogen) atoms. The van der Waals surface area contributed by atoms with Crippen molar-refractivity contribution in [2.45, 2.75) is 12.3 Å². The molecule has 0 bridgehead atoms. The van der Waals surface area contributed by atoms with Gasteiger partial charge in [0.05, 0.1) is 4.92 Å². The third-order valence-electron chi connectivity index (χ3n) is 1.65. The highest BCUT2D eigenvalue weighted by atomic mass is 79.9. The molecule has 0 fully saturated rings. The number of nitrogens with zero attached hydrogens (tertiary/aromatic N) is 1. The largest absolute Gasteiger partial charge is 0.276 e. The van der Waals surface area contributed by atoms with E-state index in [1.807, 2.05) is 6.07 Å². The van der Waals surface area contributed by atoms with Crippen molar-refractivity contribution >= 4 is 21.6 Å². The molecule has 3 nitrogen and oxygen atoms in total. The molecule has 0 unspecified atom stereocenters. The van der Waals surface area contributed by atoms with Crippen LogP contribution in [0.3, 0.4) is 0 Å². The zero-order valence-electron chi connectivity index (χ0n) is 6.58. The van der Waals surface area contributed by atoms with E-state index in [1.54, 1.807) is 19.1 Å². The molecule has 0 aromatic heterocycles. The Balaban J connectivity index is 3.29. The fourth-order valence-corrected chi connectivity index (χ4v) is 1.54. The van der Waals surface area contributed by atoms with Crippen LogP contribution in [0.5, 0.6) is 0 Å². The van der Waals surface area contributed by atoms with Crippen molar-refractivity contribution in [1.82, 2.24) is 0 Å². The Morgan fingerprint density at radius 3 is 2.67 bits per heavy atom. The topological polar surface area (TPSA) is 43.1 Å². The standard InChI is InChI=1S/C8H8BrNO2/c1-6-3-2-4-7(5-9)8(6)10(11)12/h2-4H,5H2,1H3. The molecular formula is C8H8BrNO2. The van der Waals surface area contributed by atoms with Crippen molar-refractivity contribution in [2.75, 3.05) is 0 Å². The summed E-state index contributed by atoms with van der Waals surface area (Å²) in [5, 5.41) is 11.1. The lowest BCUT2D eigenvalue weighted by atomic mass is 10.1. The molecule has 1 aromatic carbocycles.